The first-order valence-electron chi connectivity index (χ1n) is 17.0. The minimum Gasteiger partial charge on any atom is -0.497 e. The second-order valence-corrected chi connectivity index (χ2v) is 12.3. The predicted octanol–water partition coefficient (Wildman–Crippen LogP) is 8.84. The fourth-order valence-electron chi connectivity index (χ4n) is 5.67. The largest absolute Gasteiger partial charge is 0.497 e. The van der Waals surface area contributed by atoms with Crippen LogP contribution in [0.2, 0.25) is 0 Å². The van der Waals surface area contributed by atoms with Gasteiger partial charge in [-0.3, -0.25) is 0 Å². The Morgan fingerprint density at radius 3 is 1.70 bits per heavy atom. The highest BCUT2D eigenvalue weighted by atomic mass is 19.4. The number of halogens is 6. The highest BCUT2D eigenvalue weighted by Gasteiger charge is 2.38. The molecule has 5 aromatic rings. The molecule has 0 atom stereocenters. The van der Waals surface area contributed by atoms with Crippen molar-refractivity contribution in [1.29, 1.82) is 0 Å². The predicted molar refractivity (Wildman–Crippen MR) is 191 cm³/mol. The van der Waals surface area contributed by atoms with Gasteiger partial charge in [-0.05, 0) is 66.9 Å². The minimum absolute atomic E-state index is 0.0476. The fraction of sp³-hybridized carbons (Fsp3) is 0.325. The number of aryl methyl sites for hydroxylation is 1. The summed E-state index contributed by atoms with van der Waals surface area (Å²) in [5.41, 5.74) is 7.13. The van der Waals surface area contributed by atoms with Crippen molar-refractivity contribution < 1.29 is 45.3 Å². The molecule has 4 aromatic carbocycles. The lowest BCUT2D eigenvalue weighted by molar-refractivity contribution is -0.143. The number of nitrogens with zero attached hydrogens (tertiary/aromatic N) is 2. The molecule has 1 heterocycles. The maximum atomic E-state index is 14.0. The Morgan fingerprint density at radius 1 is 0.623 bits per heavy atom. The third-order valence-corrected chi connectivity index (χ3v) is 8.41. The van der Waals surface area contributed by atoms with Crippen LogP contribution >= 0.6 is 0 Å². The topological polar surface area (TPSA) is 80.8 Å². The van der Waals surface area contributed by atoms with Crippen molar-refractivity contribution in [2.45, 2.75) is 32.2 Å². The lowest BCUT2D eigenvalue weighted by atomic mass is 10.0. The van der Waals surface area contributed by atoms with Crippen molar-refractivity contribution in [3.8, 4) is 39.7 Å². The van der Waals surface area contributed by atoms with Gasteiger partial charge in [0.1, 0.15) is 11.6 Å². The van der Waals surface area contributed by atoms with Crippen molar-refractivity contribution in [3.63, 3.8) is 0 Å². The Labute approximate surface area is 304 Å². The molecule has 0 aliphatic carbocycles. The first-order valence-corrected chi connectivity index (χ1v) is 17.0. The van der Waals surface area contributed by atoms with Crippen LogP contribution in [0.1, 0.15) is 27.8 Å². The number of imidazole rings is 1. The number of nitrogens with two attached hydrogens (primary N) is 1. The van der Waals surface area contributed by atoms with E-state index in [1.54, 1.807) is 28.8 Å². The summed E-state index contributed by atoms with van der Waals surface area (Å²) in [5.74, 6) is 0.526. The van der Waals surface area contributed by atoms with Gasteiger partial charge in [-0.15, -0.1) is 0 Å². The zero-order chi connectivity index (χ0) is 38.0. The van der Waals surface area contributed by atoms with Gasteiger partial charge in [0.25, 0.3) is 0 Å². The van der Waals surface area contributed by atoms with E-state index >= 15 is 0 Å². The second-order valence-electron chi connectivity index (χ2n) is 12.3. The van der Waals surface area contributed by atoms with Crippen LogP contribution in [0.5, 0.6) is 5.75 Å². The Kier molecular flexibility index (Phi) is 13.3. The number of rotatable bonds is 17. The van der Waals surface area contributed by atoms with E-state index in [0.717, 1.165) is 16.7 Å². The average Bonchev–Trinajstić information content (AvgIpc) is 3.51. The molecule has 7 nitrogen and oxygen atoms in total. The molecular weight excluding hydrogens is 700 g/mol. The standard InChI is InChI=1S/C40H41F6N3O4/c1-27-3-9-30(10-4-27)36-37(31-11-13-35(50-2)14-12-31)49(38(48-36)32-23-33(39(41,42)43)25-34(24-32)40(44,45)46)26-29-7-5-28(6-8-29)15-17-51-19-21-53-22-20-52-18-16-47/h3-14,23-25H,15-22,26,47H2,1-2H3. The van der Waals surface area contributed by atoms with Crippen LogP contribution in [0, 0.1) is 6.92 Å². The van der Waals surface area contributed by atoms with Gasteiger partial charge in [0.2, 0.25) is 0 Å². The summed E-state index contributed by atoms with van der Waals surface area (Å²) in [6.45, 7) is 5.16. The van der Waals surface area contributed by atoms with Crippen molar-refractivity contribution >= 4 is 0 Å². The zero-order valence-electron chi connectivity index (χ0n) is 29.4. The number of ether oxygens (including phenoxy) is 4. The van der Waals surface area contributed by atoms with E-state index in [-0.39, 0.29) is 24.0 Å². The van der Waals surface area contributed by atoms with Gasteiger partial charge < -0.3 is 29.2 Å². The third-order valence-electron chi connectivity index (χ3n) is 8.41. The number of methoxy groups -OCH3 is 1. The fourth-order valence-corrected chi connectivity index (χ4v) is 5.67. The maximum Gasteiger partial charge on any atom is 0.416 e. The molecule has 0 aliphatic rings. The van der Waals surface area contributed by atoms with Crippen LogP contribution in [0.3, 0.4) is 0 Å². The molecule has 0 saturated heterocycles. The summed E-state index contributed by atoms with van der Waals surface area (Å²) >= 11 is 0. The van der Waals surface area contributed by atoms with Crippen molar-refractivity contribution in [2.75, 3.05) is 53.3 Å². The molecule has 0 saturated carbocycles. The maximum absolute atomic E-state index is 14.0. The first kappa shape index (κ1) is 39.5. The van der Waals surface area contributed by atoms with Crippen LogP contribution in [-0.2, 0) is 39.5 Å². The minimum atomic E-state index is -5.03. The molecule has 0 spiro atoms. The zero-order valence-corrected chi connectivity index (χ0v) is 29.4. The summed E-state index contributed by atoms with van der Waals surface area (Å²) in [6, 6.07) is 23.6. The molecule has 53 heavy (non-hydrogen) atoms. The molecule has 0 bridgehead atoms. The molecule has 0 aliphatic heterocycles. The van der Waals surface area contributed by atoms with Crippen molar-refractivity contribution in [2.24, 2.45) is 5.73 Å². The quantitative estimate of drug-likeness (QED) is 0.0758. The van der Waals surface area contributed by atoms with Gasteiger partial charge in [0.15, 0.2) is 0 Å². The van der Waals surface area contributed by atoms with E-state index in [1.807, 2.05) is 55.5 Å². The summed E-state index contributed by atoms with van der Waals surface area (Å²) in [4.78, 5) is 4.81. The van der Waals surface area contributed by atoms with E-state index in [0.29, 0.717) is 93.0 Å². The summed E-state index contributed by atoms with van der Waals surface area (Å²) in [7, 11) is 1.52. The lowest BCUT2D eigenvalue weighted by Crippen LogP contribution is -2.13. The SMILES string of the molecule is COc1ccc(-c2c(-c3ccc(C)cc3)nc(-c3cc(C(F)(F)F)cc(C(F)(F)F)c3)n2Cc2ccc(CCOCCOCCOCCN)cc2)cc1. The number of hydrogen-bond acceptors (Lipinski definition) is 6. The average molecular weight is 742 g/mol. The van der Waals surface area contributed by atoms with Crippen LogP contribution in [-0.4, -0.2) is 62.8 Å². The Morgan fingerprint density at radius 2 is 1.15 bits per heavy atom. The molecular formula is C40H41F6N3O4. The highest BCUT2D eigenvalue weighted by Crippen LogP contribution is 2.42. The van der Waals surface area contributed by atoms with Gasteiger partial charge >= 0.3 is 12.4 Å². The first-order chi connectivity index (χ1) is 25.4. The molecule has 0 amide bonds. The van der Waals surface area contributed by atoms with Gasteiger partial charge in [-0.1, -0.05) is 54.1 Å². The lowest BCUT2D eigenvalue weighted by Gasteiger charge is -2.17. The van der Waals surface area contributed by atoms with Crippen molar-refractivity contribution in [1.82, 2.24) is 9.55 Å². The van der Waals surface area contributed by atoms with Crippen LogP contribution < -0.4 is 10.5 Å². The number of hydrogen-bond donors (Lipinski definition) is 1. The Balaban J connectivity index is 1.51. The molecule has 0 unspecified atom stereocenters. The van der Waals surface area contributed by atoms with Crippen LogP contribution in [0.25, 0.3) is 33.9 Å². The number of benzene rings is 4. The molecule has 0 radical (unpaired) electrons. The van der Waals surface area contributed by atoms with E-state index in [1.165, 1.54) is 7.11 Å². The molecule has 5 rings (SSSR count). The monoisotopic (exact) mass is 741 g/mol. The van der Waals surface area contributed by atoms with Gasteiger partial charge in [0.05, 0.1) is 69.3 Å². The van der Waals surface area contributed by atoms with E-state index in [9.17, 15) is 26.3 Å². The molecule has 282 valence electrons. The molecule has 2 N–H and O–H groups in total. The Bertz CT molecular complexity index is 1870. The summed E-state index contributed by atoms with van der Waals surface area (Å²) in [5, 5.41) is 0. The summed E-state index contributed by atoms with van der Waals surface area (Å²) < 4.78 is 108. The van der Waals surface area contributed by atoms with Gasteiger partial charge in [0, 0.05) is 29.8 Å². The Hall–Kier alpha value is -4.69. The van der Waals surface area contributed by atoms with Crippen molar-refractivity contribution in [3.05, 3.63) is 119 Å². The van der Waals surface area contributed by atoms with Crippen LogP contribution in [0.4, 0.5) is 26.3 Å². The van der Waals surface area contributed by atoms with Crippen LogP contribution in [0.15, 0.2) is 91.0 Å². The second kappa shape index (κ2) is 17.9. The normalized spacial score (nSPS) is 12.0. The third kappa shape index (κ3) is 10.7. The number of aromatic nitrogens is 2. The number of alkyl halides is 6. The van der Waals surface area contributed by atoms with E-state index in [4.69, 9.17) is 29.7 Å². The summed E-state index contributed by atoms with van der Waals surface area (Å²) in [6.07, 6.45) is -9.44. The molecule has 13 heteroatoms. The smallest absolute Gasteiger partial charge is 0.416 e. The van der Waals surface area contributed by atoms with E-state index < -0.39 is 23.5 Å². The van der Waals surface area contributed by atoms with Gasteiger partial charge in [-0.25, -0.2) is 4.98 Å². The van der Waals surface area contributed by atoms with E-state index in [2.05, 4.69) is 0 Å². The highest BCUT2D eigenvalue weighted by molar-refractivity contribution is 5.83. The molecule has 0 fully saturated rings. The van der Waals surface area contributed by atoms with Gasteiger partial charge in [-0.2, -0.15) is 26.3 Å². The molecule has 1 aromatic heterocycles.